The number of hydrogen-bond acceptors (Lipinski definition) is 8. The lowest BCUT2D eigenvalue weighted by molar-refractivity contribution is -0.128. The van der Waals surface area contributed by atoms with E-state index >= 15 is 0 Å². The number of hydrogen-bond donors (Lipinski definition) is 1. The standard InChI is InChI=1S/C27H26N2O7/c1-32-21-11-8-18(9-12-21)10-13-25(30)36-22-7-5-6-19(14-22)17-28-29-27(31)20-15-23(33-2)26(35-4)24(16-20)34-3/h5-17H,1-4H3,(H,29,31)/b13-10-,28-17?. The van der Waals surface area contributed by atoms with Gasteiger partial charge in [0.2, 0.25) is 5.75 Å². The lowest BCUT2D eigenvalue weighted by Gasteiger charge is -2.13. The monoisotopic (exact) mass is 490 g/mol. The van der Waals surface area contributed by atoms with Crippen LogP contribution >= 0.6 is 0 Å². The zero-order valence-corrected chi connectivity index (χ0v) is 20.3. The molecule has 9 heteroatoms. The Labute approximate surface area is 208 Å². The molecule has 0 atom stereocenters. The van der Waals surface area contributed by atoms with E-state index < -0.39 is 11.9 Å². The fraction of sp³-hybridized carbons (Fsp3) is 0.148. The van der Waals surface area contributed by atoms with E-state index in [1.165, 1.54) is 45.8 Å². The number of rotatable bonds is 10. The van der Waals surface area contributed by atoms with Crippen LogP contribution in [0.5, 0.6) is 28.7 Å². The molecule has 3 aromatic carbocycles. The van der Waals surface area contributed by atoms with Crippen LogP contribution in [0.25, 0.3) is 6.08 Å². The molecule has 36 heavy (non-hydrogen) atoms. The molecule has 0 heterocycles. The van der Waals surface area contributed by atoms with Crippen LogP contribution in [0.3, 0.4) is 0 Å². The number of carbonyl (C=O) groups excluding carboxylic acids is 2. The predicted molar refractivity (Wildman–Crippen MR) is 135 cm³/mol. The van der Waals surface area contributed by atoms with Crippen molar-refractivity contribution >= 4 is 24.2 Å². The van der Waals surface area contributed by atoms with E-state index in [0.29, 0.717) is 28.6 Å². The van der Waals surface area contributed by atoms with Gasteiger partial charge in [-0.25, -0.2) is 10.2 Å². The summed E-state index contributed by atoms with van der Waals surface area (Å²) in [6, 6.07) is 17.0. The van der Waals surface area contributed by atoms with Gasteiger partial charge in [0.05, 0.1) is 34.7 Å². The van der Waals surface area contributed by atoms with Crippen molar-refractivity contribution in [3.05, 3.63) is 83.4 Å². The number of esters is 1. The second-order valence-electron chi connectivity index (χ2n) is 7.21. The van der Waals surface area contributed by atoms with Gasteiger partial charge in [-0.1, -0.05) is 24.3 Å². The Morgan fingerprint density at radius 1 is 0.778 bits per heavy atom. The van der Waals surface area contributed by atoms with Crippen molar-refractivity contribution in [1.82, 2.24) is 5.43 Å². The molecule has 0 aliphatic heterocycles. The van der Waals surface area contributed by atoms with Crippen LogP contribution in [-0.4, -0.2) is 46.5 Å². The van der Waals surface area contributed by atoms with E-state index in [-0.39, 0.29) is 5.56 Å². The molecule has 0 spiro atoms. The number of nitrogens with zero attached hydrogens (tertiary/aromatic N) is 1. The number of benzene rings is 3. The molecule has 0 saturated carbocycles. The van der Waals surface area contributed by atoms with Crippen molar-refractivity contribution in [1.29, 1.82) is 0 Å². The number of amides is 1. The van der Waals surface area contributed by atoms with Crippen LogP contribution in [0.1, 0.15) is 21.5 Å². The summed E-state index contributed by atoms with van der Waals surface area (Å²) in [6.45, 7) is 0. The van der Waals surface area contributed by atoms with E-state index in [4.69, 9.17) is 23.7 Å². The molecule has 0 bridgehead atoms. The molecule has 9 nitrogen and oxygen atoms in total. The van der Waals surface area contributed by atoms with E-state index in [2.05, 4.69) is 10.5 Å². The molecule has 3 rings (SSSR count). The molecular weight excluding hydrogens is 464 g/mol. The third kappa shape index (κ3) is 6.86. The lowest BCUT2D eigenvalue weighted by atomic mass is 10.1. The molecule has 0 aromatic heterocycles. The first-order chi connectivity index (χ1) is 17.5. The van der Waals surface area contributed by atoms with Crippen molar-refractivity contribution in [2.24, 2.45) is 5.10 Å². The maximum absolute atomic E-state index is 12.5. The Morgan fingerprint density at radius 3 is 2.08 bits per heavy atom. The quantitative estimate of drug-likeness (QED) is 0.150. The summed E-state index contributed by atoms with van der Waals surface area (Å²) < 4.78 is 26.3. The normalized spacial score (nSPS) is 10.8. The van der Waals surface area contributed by atoms with E-state index in [1.807, 2.05) is 12.1 Å². The second-order valence-corrected chi connectivity index (χ2v) is 7.21. The Hall–Kier alpha value is -4.79. The summed E-state index contributed by atoms with van der Waals surface area (Å²) >= 11 is 0. The van der Waals surface area contributed by atoms with Gasteiger partial charge in [0.15, 0.2) is 11.5 Å². The SMILES string of the molecule is COc1ccc(/C=C\C(=O)Oc2cccc(C=NNC(=O)c3cc(OC)c(OC)c(OC)c3)c2)cc1. The summed E-state index contributed by atoms with van der Waals surface area (Å²) in [5, 5.41) is 3.98. The van der Waals surface area contributed by atoms with Gasteiger partial charge >= 0.3 is 5.97 Å². The predicted octanol–water partition coefficient (Wildman–Crippen LogP) is 4.10. The van der Waals surface area contributed by atoms with Gasteiger partial charge in [-0.2, -0.15) is 5.10 Å². The molecule has 186 valence electrons. The Morgan fingerprint density at radius 2 is 1.47 bits per heavy atom. The summed E-state index contributed by atoms with van der Waals surface area (Å²) in [7, 11) is 6.00. The fourth-order valence-electron chi connectivity index (χ4n) is 3.13. The van der Waals surface area contributed by atoms with Gasteiger partial charge in [-0.05, 0) is 53.6 Å². The number of hydrazone groups is 1. The van der Waals surface area contributed by atoms with Crippen LogP contribution in [0, 0.1) is 0 Å². The first-order valence-corrected chi connectivity index (χ1v) is 10.7. The second kappa shape index (κ2) is 12.6. The average molecular weight is 491 g/mol. The van der Waals surface area contributed by atoms with Gasteiger partial charge in [-0.3, -0.25) is 4.79 Å². The smallest absolute Gasteiger partial charge is 0.336 e. The van der Waals surface area contributed by atoms with Crippen LogP contribution in [0.2, 0.25) is 0 Å². The molecule has 1 amide bonds. The van der Waals surface area contributed by atoms with Gasteiger partial charge in [0, 0.05) is 11.6 Å². The summed E-state index contributed by atoms with van der Waals surface area (Å²) in [4.78, 5) is 24.7. The van der Waals surface area contributed by atoms with Crippen molar-refractivity contribution in [2.45, 2.75) is 0 Å². The van der Waals surface area contributed by atoms with Crippen molar-refractivity contribution < 1.29 is 33.3 Å². The third-order valence-electron chi connectivity index (χ3n) is 4.91. The Kier molecular flexibility index (Phi) is 9.05. The average Bonchev–Trinajstić information content (AvgIpc) is 2.91. The molecule has 0 fully saturated rings. The summed E-state index contributed by atoms with van der Waals surface area (Å²) in [5.74, 6) is 1.13. The summed E-state index contributed by atoms with van der Waals surface area (Å²) in [6.07, 6.45) is 4.41. The molecule has 0 aliphatic rings. The van der Waals surface area contributed by atoms with E-state index in [1.54, 1.807) is 49.6 Å². The van der Waals surface area contributed by atoms with Crippen LogP contribution in [0.4, 0.5) is 0 Å². The molecule has 0 aliphatic carbocycles. The molecular formula is C27H26N2O7. The maximum atomic E-state index is 12.5. The molecule has 0 unspecified atom stereocenters. The highest BCUT2D eigenvalue weighted by molar-refractivity contribution is 5.96. The van der Waals surface area contributed by atoms with Gasteiger partial charge < -0.3 is 23.7 Å². The van der Waals surface area contributed by atoms with Crippen LogP contribution in [0.15, 0.2) is 71.8 Å². The highest BCUT2D eigenvalue weighted by atomic mass is 16.5. The number of methoxy groups -OCH3 is 4. The lowest BCUT2D eigenvalue weighted by Crippen LogP contribution is -2.18. The summed E-state index contributed by atoms with van der Waals surface area (Å²) in [5.41, 5.74) is 4.16. The highest BCUT2D eigenvalue weighted by Crippen LogP contribution is 2.38. The maximum Gasteiger partial charge on any atom is 0.336 e. The fourth-order valence-corrected chi connectivity index (χ4v) is 3.13. The number of ether oxygens (including phenoxy) is 5. The van der Waals surface area contributed by atoms with Gasteiger partial charge in [0.25, 0.3) is 5.91 Å². The molecule has 1 N–H and O–H groups in total. The molecule has 0 radical (unpaired) electrons. The third-order valence-corrected chi connectivity index (χ3v) is 4.91. The first kappa shape index (κ1) is 25.8. The zero-order chi connectivity index (χ0) is 25.9. The van der Waals surface area contributed by atoms with Crippen molar-refractivity contribution in [3.63, 3.8) is 0 Å². The zero-order valence-electron chi connectivity index (χ0n) is 20.3. The topological polar surface area (TPSA) is 105 Å². The minimum absolute atomic E-state index is 0.271. The molecule has 3 aromatic rings. The number of carbonyl (C=O) groups is 2. The van der Waals surface area contributed by atoms with Crippen molar-refractivity contribution in [3.8, 4) is 28.7 Å². The van der Waals surface area contributed by atoms with Gasteiger partial charge in [-0.15, -0.1) is 0 Å². The Bertz CT molecular complexity index is 1240. The number of nitrogens with one attached hydrogen (secondary N) is 1. The van der Waals surface area contributed by atoms with Crippen molar-refractivity contribution in [2.75, 3.05) is 28.4 Å². The minimum atomic E-state index is -0.532. The van der Waals surface area contributed by atoms with E-state index in [9.17, 15) is 9.59 Å². The van der Waals surface area contributed by atoms with Gasteiger partial charge in [0.1, 0.15) is 11.5 Å². The first-order valence-electron chi connectivity index (χ1n) is 10.7. The largest absolute Gasteiger partial charge is 0.497 e. The van der Waals surface area contributed by atoms with E-state index in [0.717, 1.165) is 11.3 Å². The Balaban J connectivity index is 1.61. The van der Waals surface area contributed by atoms with Crippen LogP contribution < -0.4 is 29.1 Å². The molecule has 0 saturated heterocycles. The minimum Gasteiger partial charge on any atom is -0.497 e. The van der Waals surface area contributed by atoms with Crippen LogP contribution in [-0.2, 0) is 4.79 Å². The highest BCUT2D eigenvalue weighted by Gasteiger charge is 2.16.